The molecule has 0 radical (unpaired) electrons. The number of aromatic nitrogens is 1. The van der Waals surface area contributed by atoms with Gasteiger partial charge in [0.2, 0.25) is 0 Å². The van der Waals surface area contributed by atoms with Gasteiger partial charge in [0.25, 0.3) is 0 Å². The summed E-state index contributed by atoms with van der Waals surface area (Å²) in [5.74, 6) is -0.902. The summed E-state index contributed by atoms with van der Waals surface area (Å²) < 4.78 is 5.27. The monoisotopic (exact) mass is 275 g/mol. The van der Waals surface area contributed by atoms with Crippen molar-refractivity contribution in [3.63, 3.8) is 0 Å². The molecule has 0 amide bonds. The predicted octanol–water partition coefficient (Wildman–Crippen LogP) is 1.25. The second-order valence-electron chi connectivity index (χ2n) is 4.95. The van der Waals surface area contributed by atoms with Crippen molar-refractivity contribution in [2.75, 3.05) is 18.6 Å². The predicted molar refractivity (Wildman–Crippen MR) is 72.6 cm³/mol. The fourth-order valence-corrected chi connectivity index (χ4v) is 2.64. The van der Waals surface area contributed by atoms with Crippen LogP contribution < -0.4 is 4.90 Å². The standard InChI is InChI=1S/C14H17N3O3/c1-8-4-12(11(6-15)9(2)16-8)17-7-10(20-3)5-13(17)14(18)19/h4,10,13H,5,7H2,1-3H3,(H,18,19). The molecule has 1 aliphatic rings. The highest BCUT2D eigenvalue weighted by atomic mass is 16.5. The van der Waals surface area contributed by atoms with Crippen molar-refractivity contribution in [1.82, 2.24) is 4.98 Å². The van der Waals surface area contributed by atoms with Crippen molar-refractivity contribution in [2.24, 2.45) is 0 Å². The molecule has 0 saturated carbocycles. The highest BCUT2D eigenvalue weighted by molar-refractivity contribution is 5.80. The van der Waals surface area contributed by atoms with E-state index >= 15 is 0 Å². The number of aryl methyl sites for hydroxylation is 2. The van der Waals surface area contributed by atoms with Gasteiger partial charge in [0.05, 0.1) is 23.0 Å². The summed E-state index contributed by atoms with van der Waals surface area (Å²) in [5.41, 5.74) is 2.44. The Bertz CT molecular complexity index is 580. The molecular formula is C14H17N3O3. The van der Waals surface area contributed by atoms with Crippen LogP contribution in [-0.4, -0.2) is 41.9 Å². The number of methoxy groups -OCH3 is 1. The summed E-state index contributed by atoms with van der Waals surface area (Å²) in [5, 5.41) is 18.7. The first-order valence-corrected chi connectivity index (χ1v) is 6.38. The molecule has 1 aliphatic heterocycles. The number of rotatable bonds is 3. The van der Waals surface area contributed by atoms with Crippen LogP contribution in [0.5, 0.6) is 0 Å². The van der Waals surface area contributed by atoms with E-state index in [1.807, 2.05) is 6.92 Å². The summed E-state index contributed by atoms with van der Waals surface area (Å²) >= 11 is 0. The van der Waals surface area contributed by atoms with E-state index < -0.39 is 12.0 Å². The molecule has 1 aromatic heterocycles. The zero-order valence-corrected chi connectivity index (χ0v) is 11.8. The largest absolute Gasteiger partial charge is 0.480 e. The minimum atomic E-state index is -0.902. The van der Waals surface area contributed by atoms with Gasteiger partial charge in [-0.3, -0.25) is 4.98 Å². The molecule has 6 nitrogen and oxygen atoms in total. The average molecular weight is 275 g/mol. The lowest BCUT2D eigenvalue weighted by Crippen LogP contribution is -2.36. The number of pyridine rings is 1. The number of aliphatic carboxylic acids is 1. The first kappa shape index (κ1) is 14.3. The Hall–Kier alpha value is -2.13. The van der Waals surface area contributed by atoms with E-state index in [9.17, 15) is 15.2 Å². The SMILES string of the molecule is COC1CC(C(=O)O)N(c2cc(C)nc(C)c2C#N)C1. The third-order valence-electron chi connectivity index (χ3n) is 3.61. The number of nitriles is 1. The molecule has 0 aliphatic carbocycles. The average Bonchev–Trinajstić information content (AvgIpc) is 2.82. The van der Waals surface area contributed by atoms with Gasteiger partial charge in [-0.1, -0.05) is 0 Å². The van der Waals surface area contributed by atoms with Gasteiger partial charge in [0.1, 0.15) is 12.1 Å². The van der Waals surface area contributed by atoms with Crippen LogP contribution in [0.25, 0.3) is 0 Å². The number of hydrogen-bond donors (Lipinski definition) is 1. The maximum absolute atomic E-state index is 11.4. The van der Waals surface area contributed by atoms with Gasteiger partial charge in [-0.2, -0.15) is 5.26 Å². The van der Waals surface area contributed by atoms with E-state index in [-0.39, 0.29) is 6.10 Å². The molecule has 2 heterocycles. The van der Waals surface area contributed by atoms with E-state index in [0.29, 0.717) is 29.9 Å². The van der Waals surface area contributed by atoms with Gasteiger partial charge < -0.3 is 14.7 Å². The van der Waals surface area contributed by atoms with Crippen molar-refractivity contribution in [3.8, 4) is 6.07 Å². The van der Waals surface area contributed by atoms with Crippen molar-refractivity contribution in [2.45, 2.75) is 32.4 Å². The highest BCUT2D eigenvalue weighted by Gasteiger charge is 2.38. The first-order valence-electron chi connectivity index (χ1n) is 6.38. The van der Waals surface area contributed by atoms with Crippen LogP contribution >= 0.6 is 0 Å². The fraction of sp³-hybridized carbons (Fsp3) is 0.500. The van der Waals surface area contributed by atoms with Crippen LogP contribution in [0, 0.1) is 25.2 Å². The van der Waals surface area contributed by atoms with E-state index in [4.69, 9.17) is 4.74 Å². The minimum Gasteiger partial charge on any atom is -0.480 e. The van der Waals surface area contributed by atoms with E-state index in [0.717, 1.165) is 5.69 Å². The lowest BCUT2D eigenvalue weighted by molar-refractivity contribution is -0.138. The number of ether oxygens (including phenoxy) is 1. The molecule has 106 valence electrons. The van der Waals surface area contributed by atoms with E-state index in [1.165, 1.54) is 0 Å². The molecule has 1 N–H and O–H groups in total. The zero-order valence-electron chi connectivity index (χ0n) is 11.8. The Morgan fingerprint density at radius 3 is 2.85 bits per heavy atom. The second kappa shape index (κ2) is 5.47. The topological polar surface area (TPSA) is 86.5 Å². The molecule has 1 aromatic rings. The third kappa shape index (κ3) is 2.45. The summed E-state index contributed by atoms with van der Waals surface area (Å²) in [4.78, 5) is 17.4. The van der Waals surface area contributed by atoms with Gasteiger partial charge in [-0.15, -0.1) is 0 Å². The van der Waals surface area contributed by atoms with Gasteiger partial charge >= 0.3 is 5.97 Å². The number of anilines is 1. The van der Waals surface area contributed by atoms with Crippen molar-refractivity contribution < 1.29 is 14.6 Å². The Morgan fingerprint density at radius 2 is 2.30 bits per heavy atom. The second-order valence-corrected chi connectivity index (χ2v) is 4.95. The summed E-state index contributed by atoms with van der Waals surface area (Å²) in [6.07, 6.45) is 0.272. The summed E-state index contributed by atoms with van der Waals surface area (Å²) in [7, 11) is 1.57. The van der Waals surface area contributed by atoms with Gasteiger partial charge in [0, 0.05) is 25.8 Å². The Balaban J connectivity index is 2.49. The molecular weight excluding hydrogens is 258 g/mol. The fourth-order valence-electron chi connectivity index (χ4n) is 2.64. The molecule has 0 spiro atoms. The lowest BCUT2D eigenvalue weighted by Gasteiger charge is -2.25. The number of hydrogen-bond acceptors (Lipinski definition) is 5. The number of carboxylic acid groups (broad SMARTS) is 1. The number of nitrogens with zero attached hydrogens (tertiary/aromatic N) is 3. The summed E-state index contributed by atoms with van der Waals surface area (Å²) in [6.45, 7) is 4.05. The normalized spacial score (nSPS) is 21.8. The highest BCUT2D eigenvalue weighted by Crippen LogP contribution is 2.31. The molecule has 0 bridgehead atoms. The first-order chi connectivity index (χ1) is 9.47. The van der Waals surface area contributed by atoms with Gasteiger partial charge in [-0.25, -0.2) is 4.79 Å². The smallest absolute Gasteiger partial charge is 0.326 e. The molecule has 1 saturated heterocycles. The molecule has 6 heteroatoms. The zero-order chi connectivity index (χ0) is 14.9. The molecule has 20 heavy (non-hydrogen) atoms. The van der Waals surface area contributed by atoms with Crippen LogP contribution in [0.2, 0.25) is 0 Å². The molecule has 2 atom stereocenters. The van der Waals surface area contributed by atoms with Gasteiger partial charge in [0.15, 0.2) is 0 Å². The van der Waals surface area contributed by atoms with Crippen molar-refractivity contribution in [3.05, 3.63) is 23.0 Å². The third-order valence-corrected chi connectivity index (χ3v) is 3.61. The molecule has 0 aromatic carbocycles. The van der Waals surface area contributed by atoms with Crippen molar-refractivity contribution in [1.29, 1.82) is 5.26 Å². The number of carboxylic acids is 1. The quantitative estimate of drug-likeness (QED) is 0.893. The maximum atomic E-state index is 11.4. The Kier molecular flexibility index (Phi) is 3.91. The molecule has 2 rings (SSSR count). The molecule has 1 fully saturated rings. The van der Waals surface area contributed by atoms with Crippen LogP contribution in [-0.2, 0) is 9.53 Å². The summed E-state index contributed by atoms with van der Waals surface area (Å²) in [6, 6.07) is 3.21. The lowest BCUT2D eigenvalue weighted by atomic mass is 10.1. The maximum Gasteiger partial charge on any atom is 0.326 e. The van der Waals surface area contributed by atoms with Crippen molar-refractivity contribution >= 4 is 11.7 Å². The van der Waals surface area contributed by atoms with Gasteiger partial charge in [-0.05, 0) is 19.9 Å². The van der Waals surface area contributed by atoms with E-state index in [2.05, 4.69) is 11.1 Å². The Labute approximate surface area is 117 Å². The van der Waals surface area contributed by atoms with Crippen LogP contribution in [0.15, 0.2) is 6.07 Å². The van der Waals surface area contributed by atoms with Crippen LogP contribution in [0.3, 0.4) is 0 Å². The van der Waals surface area contributed by atoms with E-state index in [1.54, 1.807) is 25.0 Å². The Morgan fingerprint density at radius 1 is 1.60 bits per heavy atom. The molecule has 2 unspecified atom stereocenters. The minimum absolute atomic E-state index is 0.142. The van der Waals surface area contributed by atoms with Crippen LogP contribution in [0.4, 0.5) is 5.69 Å². The number of carbonyl (C=O) groups is 1. The van der Waals surface area contributed by atoms with Crippen LogP contribution in [0.1, 0.15) is 23.4 Å².